The molecule has 0 heterocycles. The molecule has 1 rings (SSSR count). The largest absolute Gasteiger partial charge is 0.468 e. The zero-order valence-corrected chi connectivity index (χ0v) is 12.4. The number of nitrogens with zero attached hydrogens (tertiary/aromatic N) is 1. The van der Waals surface area contributed by atoms with Gasteiger partial charge in [0.05, 0.1) is 38.0 Å². The first kappa shape index (κ1) is 17.2. The summed E-state index contributed by atoms with van der Waals surface area (Å²) in [5.74, 6) is -3.70. The van der Waals surface area contributed by atoms with E-state index >= 15 is 0 Å². The molecule has 0 saturated heterocycles. The van der Waals surface area contributed by atoms with Crippen molar-refractivity contribution in [3.8, 4) is 6.07 Å². The van der Waals surface area contributed by atoms with Crippen LogP contribution in [0.2, 0.25) is 0 Å². The summed E-state index contributed by atoms with van der Waals surface area (Å²) in [4.78, 5) is 35.2. The van der Waals surface area contributed by atoms with Crippen molar-refractivity contribution in [1.29, 1.82) is 5.26 Å². The predicted octanol–water partition coefficient (Wildman–Crippen LogP) is 1.16. The van der Waals surface area contributed by atoms with Gasteiger partial charge in [0.25, 0.3) is 0 Å². The molecule has 0 radical (unpaired) electrons. The van der Waals surface area contributed by atoms with Gasteiger partial charge in [-0.25, -0.2) is 4.79 Å². The maximum Gasteiger partial charge on any atom is 0.338 e. The van der Waals surface area contributed by atoms with Gasteiger partial charge >= 0.3 is 17.9 Å². The molecule has 0 spiro atoms. The van der Waals surface area contributed by atoms with Crippen molar-refractivity contribution in [3.05, 3.63) is 34.9 Å². The van der Waals surface area contributed by atoms with E-state index in [-0.39, 0.29) is 23.3 Å². The monoisotopic (exact) mass is 305 g/mol. The van der Waals surface area contributed by atoms with Crippen molar-refractivity contribution in [3.63, 3.8) is 0 Å². The highest BCUT2D eigenvalue weighted by Gasteiger charge is 2.33. The number of carbonyl (C=O) groups is 3. The lowest BCUT2D eigenvalue weighted by Gasteiger charge is -2.14. The highest BCUT2D eigenvalue weighted by atomic mass is 16.5. The molecule has 0 aliphatic heterocycles. The first-order valence-corrected chi connectivity index (χ1v) is 6.36. The second-order valence-electron chi connectivity index (χ2n) is 4.11. The number of benzene rings is 1. The van der Waals surface area contributed by atoms with E-state index in [0.29, 0.717) is 0 Å². The van der Waals surface area contributed by atoms with Gasteiger partial charge in [-0.15, -0.1) is 0 Å². The average molecular weight is 305 g/mol. The molecule has 7 heteroatoms. The quantitative estimate of drug-likeness (QED) is 0.457. The molecule has 116 valence electrons. The van der Waals surface area contributed by atoms with E-state index in [1.165, 1.54) is 18.2 Å². The van der Waals surface area contributed by atoms with E-state index in [1.54, 1.807) is 6.92 Å². The standard InChI is InChI=1S/C15H15NO6/c1-4-22-13(17)9-5-6-11(10(7-9)8-16)12(14(18)20-2)15(19)21-3/h5-7,12H,4H2,1-3H3. The van der Waals surface area contributed by atoms with Crippen molar-refractivity contribution in [2.45, 2.75) is 12.8 Å². The van der Waals surface area contributed by atoms with Gasteiger partial charge < -0.3 is 14.2 Å². The molecule has 7 nitrogen and oxygen atoms in total. The molecular formula is C15H15NO6. The summed E-state index contributed by atoms with van der Waals surface area (Å²) in [6.45, 7) is 1.84. The fraction of sp³-hybridized carbons (Fsp3) is 0.333. The predicted molar refractivity (Wildman–Crippen MR) is 73.9 cm³/mol. The number of rotatable bonds is 5. The van der Waals surface area contributed by atoms with Crippen LogP contribution in [0.5, 0.6) is 0 Å². The van der Waals surface area contributed by atoms with E-state index in [9.17, 15) is 19.6 Å². The maximum absolute atomic E-state index is 11.8. The Kier molecular flexibility index (Phi) is 6.08. The molecule has 0 amide bonds. The second kappa shape index (κ2) is 7.78. The molecule has 0 unspecified atom stereocenters. The molecule has 0 fully saturated rings. The summed E-state index contributed by atoms with van der Waals surface area (Å²) in [7, 11) is 2.24. The van der Waals surface area contributed by atoms with Crippen LogP contribution < -0.4 is 0 Å². The highest BCUT2D eigenvalue weighted by Crippen LogP contribution is 2.24. The maximum atomic E-state index is 11.8. The van der Waals surface area contributed by atoms with Gasteiger partial charge in [0.15, 0.2) is 5.92 Å². The van der Waals surface area contributed by atoms with Gasteiger partial charge in [-0.3, -0.25) is 9.59 Å². The third-order valence-electron chi connectivity index (χ3n) is 2.87. The Morgan fingerprint density at radius 3 is 2.23 bits per heavy atom. The molecule has 0 bridgehead atoms. The molecule has 0 aromatic heterocycles. The second-order valence-corrected chi connectivity index (χ2v) is 4.11. The molecular weight excluding hydrogens is 290 g/mol. The summed E-state index contributed by atoms with van der Waals surface area (Å²) in [5.41, 5.74) is 0.247. The Morgan fingerprint density at radius 2 is 1.77 bits per heavy atom. The third-order valence-corrected chi connectivity index (χ3v) is 2.87. The third kappa shape index (κ3) is 3.61. The van der Waals surface area contributed by atoms with Crippen LogP contribution in [-0.4, -0.2) is 38.7 Å². The van der Waals surface area contributed by atoms with Gasteiger partial charge in [0, 0.05) is 0 Å². The minimum Gasteiger partial charge on any atom is -0.468 e. The van der Waals surface area contributed by atoms with Crippen LogP contribution >= 0.6 is 0 Å². The van der Waals surface area contributed by atoms with Gasteiger partial charge in [0.1, 0.15) is 0 Å². The van der Waals surface area contributed by atoms with Crippen molar-refractivity contribution in [2.24, 2.45) is 0 Å². The van der Waals surface area contributed by atoms with E-state index in [4.69, 9.17) is 4.74 Å². The van der Waals surface area contributed by atoms with Crippen molar-refractivity contribution >= 4 is 17.9 Å². The van der Waals surface area contributed by atoms with E-state index in [1.807, 2.05) is 6.07 Å². The number of esters is 3. The smallest absolute Gasteiger partial charge is 0.338 e. The number of nitriles is 1. The lowest BCUT2D eigenvalue weighted by molar-refractivity contribution is -0.154. The zero-order valence-electron chi connectivity index (χ0n) is 12.4. The lowest BCUT2D eigenvalue weighted by Crippen LogP contribution is -2.25. The zero-order chi connectivity index (χ0) is 16.7. The summed E-state index contributed by atoms with van der Waals surface area (Å²) in [5, 5.41) is 9.21. The van der Waals surface area contributed by atoms with E-state index in [0.717, 1.165) is 14.2 Å². The van der Waals surface area contributed by atoms with Crippen LogP contribution in [0, 0.1) is 11.3 Å². The average Bonchev–Trinajstić information content (AvgIpc) is 2.54. The number of methoxy groups -OCH3 is 2. The Balaban J connectivity index is 3.34. The van der Waals surface area contributed by atoms with Crippen molar-refractivity contribution < 1.29 is 28.6 Å². The van der Waals surface area contributed by atoms with Gasteiger partial charge in [0.2, 0.25) is 0 Å². The summed E-state index contributed by atoms with van der Waals surface area (Å²) < 4.78 is 14.0. The number of hydrogen-bond acceptors (Lipinski definition) is 7. The summed E-state index contributed by atoms with van der Waals surface area (Å²) in [6, 6.07) is 5.81. The molecule has 0 N–H and O–H groups in total. The van der Waals surface area contributed by atoms with E-state index < -0.39 is 23.8 Å². The van der Waals surface area contributed by atoms with E-state index in [2.05, 4.69) is 9.47 Å². The Bertz CT molecular complexity index is 615. The van der Waals surface area contributed by atoms with Crippen LogP contribution in [0.3, 0.4) is 0 Å². The van der Waals surface area contributed by atoms with Gasteiger partial charge in [-0.05, 0) is 24.6 Å². The van der Waals surface area contributed by atoms with Gasteiger partial charge in [-0.1, -0.05) is 6.07 Å². The number of carbonyl (C=O) groups excluding carboxylic acids is 3. The number of ether oxygens (including phenoxy) is 3. The van der Waals surface area contributed by atoms with Crippen LogP contribution in [-0.2, 0) is 23.8 Å². The minimum absolute atomic E-state index is 0.00801. The van der Waals surface area contributed by atoms with Crippen LogP contribution in [0.1, 0.15) is 34.3 Å². The molecule has 0 aliphatic carbocycles. The first-order valence-electron chi connectivity index (χ1n) is 6.36. The fourth-order valence-corrected chi connectivity index (χ4v) is 1.83. The minimum atomic E-state index is -1.39. The normalized spacial score (nSPS) is 9.77. The van der Waals surface area contributed by atoms with Gasteiger partial charge in [-0.2, -0.15) is 5.26 Å². The first-order chi connectivity index (χ1) is 10.5. The highest BCUT2D eigenvalue weighted by molar-refractivity contribution is 6.01. The summed E-state index contributed by atoms with van der Waals surface area (Å²) in [6.07, 6.45) is 0. The molecule has 22 heavy (non-hydrogen) atoms. The molecule has 0 aliphatic rings. The van der Waals surface area contributed by atoms with Crippen molar-refractivity contribution in [1.82, 2.24) is 0 Å². The Morgan fingerprint density at radius 1 is 1.18 bits per heavy atom. The molecule has 0 saturated carbocycles. The van der Waals surface area contributed by atoms with Crippen LogP contribution in [0.15, 0.2) is 18.2 Å². The number of hydrogen-bond donors (Lipinski definition) is 0. The molecule has 0 atom stereocenters. The van der Waals surface area contributed by atoms with Crippen molar-refractivity contribution in [2.75, 3.05) is 20.8 Å². The Labute approximate surface area is 127 Å². The Hall–Kier alpha value is -2.88. The fourth-order valence-electron chi connectivity index (χ4n) is 1.83. The molecule has 1 aromatic carbocycles. The van der Waals surface area contributed by atoms with Crippen LogP contribution in [0.25, 0.3) is 0 Å². The summed E-state index contributed by atoms with van der Waals surface area (Å²) >= 11 is 0. The van der Waals surface area contributed by atoms with Crippen LogP contribution in [0.4, 0.5) is 0 Å². The lowest BCUT2D eigenvalue weighted by atomic mass is 9.93. The molecule has 1 aromatic rings. The topological polar surface area (TPSA) is 103 Å². The SMILES string of the molecule is CCOC(=O)c1ccc(C(C(=O)OC)C(=O)OC)c(C#N)c1.